The number of hydrogen-bond acceptors (Lipinski definition) is 3. The molecule has 1 N–H and O–H groups in total. The van der Waals surface area contributed by atoms with Gasteiger partial charge < -0.3 is 10.1 Å². The number of nitrogens with one attached hydrogen (secondary N) is 1. The lowest BCUT2D eigenvalue weighted by atomic mass is 9.99. The van der Waals surface area contributed by atoms with Crippen LogP contribution in [0.15, 0.2) is 30.6 Å². The monoisotopic (exact) mass is 337 g/mol. The van der Waals surface area contributed by atoms with E-state index < -0.39 is 5.82 Å². The Labute approximate surface area is 138 Å². The molecule has 1 aromatic heterocycles. The zero-order chi connectivity index (χ0) is 16.4. The van der Waals surface area contributed by atoms with E-state index in [1.54, 1.807) is 10.9 Å². The molecule has 0 saturated carbocycles. The lowest BCUT2D eigenvalue weighted by Crippen LogP contribution is -2.39. The summed E-state index contributed by atoms with van der Waals surface area (Å²) in [5, 5.41) is 7.20. The topological polar surface area (TPSA) is 56.2 Å². The summed E-state index contributed by atoms with van der Waals surface area (Å²) in [6, 6.07) is 3.73. The van der Waals surface area contributed by atoms with Crippen LogP contribution in [0.4, 0.5) is 4.39 Å². The number of carbonyl (C=O) groups excluding carboxylic acids is 1. The van der Waals surface area contributed by atoms with Gasteiger partial charge in [0.2, 0.25) is 0 Å². The number of carbonyl (C=O) groups is 1. The molecule has 1 amide bonds. The third kappa shape index (κ3) is 3.71. The number of benzene rings is 1. The molecule has 1 fully saturated rings. The number of hydrogen-bond donors (Lipinski definition) is 1. The Bertz CT molecular complexity index is 719. The van der Waals surface area contributed by atoms with Gasteiger partial charge in [-0.05, 0) is 31.0 Å². The third-order valence-corrected chi connectivity index (χ3v) is 4.20. The highest BCUT2D eigenvalue weighted by Gasteiger charge is 2.26. The van der Waals surface area contributed by atoms with Crippen molar-refractivity contribution in [3.63, 3.8) is 0 Å². The first-order chi connectivity index (χ1) is 11.0. The summed E-state index contributed by atoms with van der Waals surface area (Å²) in [6.07, 6.45) is 4.97. The van der Waals surface area contributed by atoms with Crippen LogP contribution in [-0.4, -0.2) is 28.3 Å². The standard InChI is InChI=1S/C16H17ClFN3O2/c1-21-9-10(8-19-21)15-7-12(4-5-23-15)20-16(22)13-3-2-11(18)6-14(13)17/h2-3,6,8-9,12,15H,4-5,7H2,1H3,(H,20,22)/t12-,15+/m0/s1. The first-order valence-electron chi connectivity index (χ1n) is 7.39. The van der Waals surface area contributed by atoms with Gasteiger partial charge in [0, 0.05) is 31.5 Å². The van der Waals surface area contributed by atoms with Gasteiger partial charge in [-0.15, -0.1) is 0 Å². The molecule has 7 heteroatoms. The fourth-order valence-electron chi connectivity index (χ4n) is 2.70. The molecule has 122 valence electrons. The van der Waals surface area contributed by atoms with Crippen molar-refractivity contribution in [2.45, 2.75) is 25.0 Å². The molecular formula is C16H17ClFN3O2. The van der Waals surface area contributed by atoms with Gasteiger partial charge in [-0.25, -0.2) is 4.39 Å². The van der Waals surface area contributed by atoms with E-state index in [9.17, 15) is 9.18 Å². The molecule has 3 rings (SSSR count). The predicted octanol–water partition coefficient (Wildman–Crippen LogP) is 2.86. The minimum absolute atomic E-state index is 0.0254. The van der Waals surface area contributed by atoms with E-state index in [0.29, 0.717) is 13.0 Å². The van der Waals surface area contributed by atoms with Crippen LogP contribution in [0.3, 0.4) is 0 Å². The molecule has 0 spiro atoms. The SMILES string of the molecule is Cn1cc([C@H]2C[C@@H](NC(=O)c3ccc(F)cc3Cl)CCO2)cn1. The molecule has 0 radical (unpaired) electrons. The van der Waals surface area contributed by atoms with E-state index in [0.717, 1.165) is 18.1 Å². The van der Waals surface area contributed by atoms with Gasteiger partial charge >= 0.3 is 0 Å². The Hall–Kier alpha value is -1.92. The van der Waals surface area contributed by atoms with Crippen LogP contribution < -0.4 is 5.32 Å². The molecular weight excluding hydrogens is 321 g/mol. The van der Waals surface area contributed by atoms with Gasteiger partial charge in [0.05, 0.1) is 22.9 Å². The normalized spacial score (nSPS) is 21.2. The lowest BCUT2D eigenvalue weighted by molar-refractivity contribution is 0.000869. The molecule has 2 atom stereocenters. The smallest absolute Gasteiger partial charge is 0.253 e. The number of nitrogens with zero attached hydrogens (tertiary/aromatic N) is 2. The maximum Gasteiger partial charge on any atom is 0.253 e. The summed E-state index contributed by atoms with van der Waals surface area (Å²) in [4.78, 5) is 12.3. The molecule has 2 aromatic rings. The number of amides is 1. The van der Waals surface area contributed by atoms with Gasteiger partial charge in [0.25, 0.3) is 5.91 Å². The second kappa shape index (κ2) is 6.68. The molecule has 2 heterocycles. The summed E-state index contributed by atoms with van der Waals surface area (Å²) in [5.41, 5.74) is 1.27. The number of aromatic nitrogens is 2. The summed E-state index contributed by atoms with van der Waals surface area (Å²) < 4.78 is 20.5. The van der Waals surface area contributed by atoms with Crippen molar-refractivity contribution in [2.24, 2.45) is 7.05 Å². The summed E-state index contributed by atoms with van der Waals surface area (Å²) in [7, 11) is 1.85. The van der Waals surface area contributed by atoms with Gasteiger partial charge in [-0.2, -0.15) is 5.10 Å². The molecule has 1 aliphatic heterocycles. The van der Waals surface area contributed by atoms with Crippen molar-refractivity contribution in [3.05, 3.63) is 52.6 Å². The Morgan fingerprint density at radius 2 is 2.35 bits per heavy atom. The molecule has 5 nitrogen and oxygen atoms in total. The number of rotatable bonds is 3. The molecule has 1 aromatic carbocycles. The Balaban J connectivity index is 1.66. The van der Waals surface area contributed by atoms with E-state index in [4.69, 9.17) is 16.3 Å². The molecule has 1 aliphatic rings. The second-order valence-corrected chi connectivity index (χ2v) is 6.03. The van der Waals surface area contributed by atoms with Crippen molar-refractivity contribution in [1.82, 2.24) is 15.1 Å². The average Bonchev–Trinajstić information content (AvgIpc) is 2.94. The van der Waals surface area contributed by atoms with E-state index in [2.05, 4.69) is 10.4 Å². The van der Waals surface area contributed by atoms with Crippen LogP contribution in [0.25, 0.3) is 0 Å². The van der Waals surface area contributed by atoms with Gasteiger partial charge in [-0.1, -0.05) is 11.6 Å². The Morgan fingerprint density at radius 3 is 3.04 bits per heavy atom. The van der Waals surface area contributed by atoms with Crippen molar-refractivity contribution in [1.29, 1.82) is 0 Å². The average molecular weight is 338 g/mol. The third-order valence-electron chi connectivity index (χ3n) is 3.89. The highest BCUT2D eigenvalue weighted by molar-refractivity contribution is 6.33. The minimum Gasteiger partial charge on any atom is -0.373 e. The Morgan fingerprint density at radius 1 is 1.52 bits per heavy atom. The molecule has 0 aliphatic carbocycles. The van der Waals surface area contributed by atoms with E-state index in [1.807, 2.05) is 13.2 Å². The van der Waals surface area contributed by atoms with Crippen LogP contribution in [0.5, 0.6) is 0 Å². The van der Waals surface area contributed by atoms with Crippen molar-refractivity contribution in [3.8, 4) is 0 Å². The van der Waals surface area contributed by atoms with Crippen LogP contribution in [0, 0.1) is 5.82 Å². The maximum absolute atomic E-state index is 13.1. The van der Waals surface area contributed by atoms with Crippen LogP contribution in [0.2, 0.25) is 5.02 Å². The van der Waals surface area contributed by atoms with Gasteiger partial charge in [0.15, 0.2) is 0 Å². The predicted molar refractivity (Wildman–Crippen MR) is 83.8 cm³/mol. The zero-order valence-electron chi connectivity index (χ0n) is 12.6. The molecule has 0 bridgehead atoms. The quantitative estimate of drug-likeness (QED) is 0.937. The fraction of sp³-hybridized carbons (Fsp3) is 0.375. The molecule has 1 saturated heterocycles. The van der Waals surface area contributed by atoms with Crippen LogP contribution in [-0.2, 0) is 11.8 Å². The van der Waals surface area contributed by atoms with E-state index >= 15 is 0 Å². The highest BCUT2D eigenvalue weighted by atomic mass is 35.5. The Kier molecular flexibility index (Phi) is 4.63. The van der Waals surface area contributed by atoms with Crippen molar-refractivity contribution in [2.75, 3.05) is 6.61 Å². The fourth-order valence-corrected chi connectivity index (χ4v) is 2.96. The molecule has 0 unspecified atom stereocenters. The number of halogens is 2. The lowest BCUT2D eigenvalue weighted by Gasteiger charge is -2.29. The zero-order valence-corrected chi connectivity index (χ0v) is 13.4. The van der Waals surface area contributed by atoms with Gasteiger partial charge in [0.1, 0.15) is 5.82 Å². The first-order valence-corrected chi connectivity index (χ1v) is 7.77. The van der Waals surface area contributed by atoms with E-state index in [1.165, 1.54) is 12.1 Å². The maximum atomic E-state index is 13.1. The van der Waals surface area contributed by atoms with Gasteiger partial charge in [-0.3, -0.25) is 9.48 Å². The number of aryl methyl sites for hydroxylation is 1. The van der Waals surface area contributed by atoms with Crippen molar-refractivity contribution < 1.29 is 13.9 Å². The largest absolute Gasteiger partial charge is 0.373 e. The van der Waals surface area contributed by atoms with Crippen LogP contribution >= 0.6 is 11.6 Å². The first kappa shape index (κ1) is 16.0. The van der Waals surface area contributed by atoms with Crippen LogP contribution in [0.1, 0.15) is 34.9 Å². The van der Waals surface area contributed by atoms with E-state index in [-0.39, 0.29) is 28.6 Å². The summed E-state index contributed by atoms with van der Waals surface area (Å²) in [5.74, 6) is -0.763. The summed E-state index contributed by atoms with van der Waals surface area (Å²) in [6.45, 7) is 0.557. The van der Waals surface area contributed by atoms with Crippen molar-refractivity contribution >= 4 is 17.5 Å². The second-order valence-electron chi connectivity index (χ2n) is 5.63. The summed E-state index contributed by atoms with van der Waals surface area (Å²) >= 11 is 5.93. The molecule has 23 heavy (non-hydrogen) atoms. The highest BCUT2D eigenvalue weighted by Crippen LogP contribution is 2.28. The minimum atomic E-state index is -0.464. The number of ether oxygens (including phenoxy) is 1.